The summed E-state index contributed by atoms with van der Waals surface area (Å²) in [5.74, 6) is 0.316. The molecule has 0 bridgehead atoms. The number of aliphatic hydroxyl groups excluding tert-OH is 1. The number of likely N-dealkylation sites (N-methyl/N-ethyl adjacent to an activating group) is 1. The molecule has 0 radical (unpaired) electrons. The quantitative estimate of drug-likeness (QED) is 0.249. The van der Waals surface area contributed by atoms with Crippen molar-refractivity contribution in [1.82, 2.24) is 20.4 Å². The molecule has 2 saturated heterocycles. The predicted molar refractivity (Wildman–Crippen MR) is 125 cm³/mol. The maximum Gasteiger partial charge on any atom is 0.327 e. The van der Waals surface area contributed by atoms with Crippen molar-refractivity contribution < 1.29 is 24.4 Å². The number of fused-ring (bicyclic) bond motifs is 1. The minimum atomic E-state index is -0.585. The van der Waals surface area contributed by atoms with Gasteiger partial charge in [-0.15, -0.1) is 0 Å². The van der Waals surface area contributed by atoms with Crippen molar-refractivity contribution >= 4 is 17.6 Å². The lowest BCUT2D eigenvalue weighted by Crippen LogP contribution is -2.79. The van der Waals surface area contributed by atoms with Crippen LogP contribution in [0.1, 0.15) is 39.5 Å². The van der Waals surface area contributed by atoms with Crippen molar-refractivity contribution in [1.29, 1.82) is 0 Å². The van der Waals surface area contributed by atoms with Gasteiger partial charge in [-0.1, -0.05) is 32.8 Å². The Morgan fingerprint density at radius 2 is 1.94 bits per heavy atom. The molecule has 11 nitrogen and oxygen atoms in total. The minimum absolute atomic E-state index is 0.0533. The van der Waals surface area contributed by atoms with E-state index in [-0.39, 0.29) is 48.8 Å². The molecule has 188 valence electrons. The molecule has 2 fully saturated rings. The highest BCUT2D eigenvalue weighted by molar-refractivity contribution is 6.00. The number of unbranched alkanes of at least 4 members (excludes halogenated alkanes) is 2. The Morgan fingerprint density at radius 1 is 1.18 bits per heavy atom. The van der Waals surface area contributed by atoms with Crippen LogP contribution >= 0.6 is 0 Å². The van der Waals surface area contributed by atoms with Crippen LogP contribution in [0.4, 0.5) is 10.5 Å². The van der Waals surface area contributed by atoms with Crippen LogP contribution in [0.25, 0.3) is 0 Å². The lowest BCUT2D eigenvalue weighted by Gasteiger charge is -2.51. The molecule has 3 rings (SSSR count). The molecule has 2 aliphatic rings. The minimum Gasteiger partial charge on any atom is -0.492 e. The number of imide groups is 1. The molecule has 4 atom stereocenters. The lowest BCUT2D eigenvalue weighted by molar-refractivity contribution is -0.384. The Kier molecular flexibility index (Phi) is 8.81. The van der Waals surface area contributed by atoms with Gasteiger partial charge in [0, 0.05) is 32.3 Å². The second-order valence-corrected chi connectivity index (χ2v) is 9.33. The molecule has 3 amide bonds. The monoisotopic (exact) mass is 477 g/mol. The molecule has 11 heteroatoms. The number of ether oxygens (including phenoxy) is 1. The Morgan fingerprint density at radius 3 is 2.62 bits per heavy atom. The standard InChI is InChI=1S/C23H35N5O6/c1-15(2)13-27-21-20(22(30)26(3)23(27)31)24-18(10-5-4-6-11-29)19(25-21)14-34-17-9-7-8-16(12-17)28(32)33/h7-9,12,15,18-21,24-25,29H,4-6,10-11,13-14H2,1-3H3. The third kappa shape index (κ3) is 6.02. The van der Waals surface area contributed by atoms with Gasteiger partial charge in [0.2, 0.25) is 0 Å². The van der Waals surface area contributed by atoms with Gasteiger partial charge in [0.25, 0.3) is 11.6 Å². The van der Waals surface area contributed by atoms with Gasteiger partial charge in [0.1, 0.15) is 24.6 Å². The molecule has 0 aliphatic carbocycles. The van der Waals surface area contributed by atoms with E-state index in [0.29, 0.717) is 18.7 Å². The van der Waals surface area contributed by atoms with Crippen molar-refractivity contribution in [3.8, 4) is 5.75 Å². The zero-order chi connectivity index (χ0) is 24.8. The highest BCUT2D eigenvalue weighted by atomic mass is 16.6. The van der Waals surface area contributed by atoms with Crippen molar-refractivity contribution in [3.05, 3.63) is 34.4 Å². The number of nitrogens with one attached hydrogen (secondary N) is 2. The normalized spacial score (nSPS) is 25.0. The molecule has 0 spiro atoms. The van der Waals surface area contributed by atoms with E-state index in [0.717, 1.165) is 19.3 Å². The van der Waals surface area contributed by atoms with Crippen LogP contribution in [0.2, 0.25) is 0 Å². The molecule has 1 aromatic carbocycles. The van der Waals surface area contributed by atoms with E-state index in [4.69, 9.17) is 9.84 Å². The van der Waals surface area contributed by atoms with Gasteiger partial charge in [0.05, 0.1) is 17.0 Å². The van der Waals surface area contributed by atoms with E-state index in [1.807, 2.05) is 13.8 Å². The number of nitro groups is 1. The number of hydrogen-bond acceptors (Lipinski definition) is 8. The van der Waals surface area contributed by atoms with E-state index in [1.54, 1.807) is 17.0 Å². The zero-order valence-electron chi connectivity index (χ0n) is 20.0. The summed E-state index contributed by atoms with van der Waals surface area (Å²) < 4.78 is 5.92. The van der Waals surface area contributed by atoms with Gasteiger partial charge in [-0.2, -0.15) is 0 Å². The number of carbonyl (C=O) groups excluding carboxylic acids is 2. The van der Waals surface area contributed by atoms with E-state index >= 15 is 0 Å². The number of nitrogens with zero attached hydrogens (tertiary/aromatic N) is 3. The van der Waals surface area contributed by atoms with Crippen molar-refractivity contribution in [3.63, 3.8) is 0 Å². The third-order valence-corrected chi connectivity index (χ3v) is 6.24. The molecule has 0 aromatic heterocycles. The van der Waals surface area contributed by atoms with Crippen LogP contribution in [0.5, 0.6) is 5.75 Å². The summed E-state index contributed by atoms with van der Waals surface area (Å²) in [6.45, 7) is 4.86. The van der Waals surface area contributed by atoms with Crippen LogP contribution < -0.4 is 15.4 Å². The number of hydrogen-bond donors (Lipinski definition) is 3. The van der Waals surface area contributed by atoms with Gasteiger partial charge >= 0.3 is 6.03 Å². The van der Waals surface area contributed by atoms with Crippen LogP contribution in [0.15, 0.2) is 24.3 Å². The van der Waals surface area contributed by atoms with Gasteiger partial charge in [-0.3, -0.25) is 30.4 Å². The molecule has 3 N–H and O–H groups in total. The highest BCUT2D eigenvalue weighted by Crippen LogP contribution is 2.25. The maximum atomic E-state index is 13.0. The molecule has 0 saturated carbocycles. The third-order valence-electron chi connectivity index (χ3n) is 6.24. The number of rotatable bonds is 11. The molecular weight excluding hydrogens is 442 g/mol. The lowest BCUT2D eigenvalue weighted by atomic mass is 9.93. The molecule has 1 aromatic rings. The highest BCUT2D eigenvalue weighted by Gasteiger charge is 2.50. The second-order valence-electron chi connectivity index (χ2n) is 9.33. The number of benzene rings is 1. The first kappa shape index (κ1) is 25.9. The Bertz CT molecular complexity index is 881. The molecule has 2 aliphatic heterocycles. The van der Waals surface area contributed by atoms with E-state index < -0.39 is 17.1 Å². The number of piperazine rings is 1. The van der Waals surface area contributed by atoms with Gasteiger partial charge in [-0.25, -0.2) is 4.79 Å². The number of nitro benzene ring substituents is 1. The van der Waals surface area contributed by atoms with Crippen molar-refractivity contribution in [2.45, 2.75) is 63.8 Å². The molecule has 4 unspecified atom stereocenters. The Hall–Kier alpha value is -2.76. The fraction of sp³-hybridized carbons (Fsp3) is 0.652. The fourth-order valence-electron chi connectivity index (χ4n) is 4.52. The van der Waals surface area contributed by atoms with Gasteiger partial charge < -0.3 is 14.7 Å². The largest absolute Gasteiger partial charge is 0.492 e. The average molecular weight is 478 g/mol. The summed E-state index contributed by atoms with van der Waals surface area (Å²) in [7, 11) is 1.50. The number of aliphatic hydroxyl groups is 1. The summed E-state index contributed by atoms with van der Waals surface area (Å²) in [4.78, 5) is 39.3. The number of amides is 3. The first-order valence-corrected chi connectivity index (χ1v) is 11.8. The first-order valence-electron chi connectivity index (χ1n) is 11.8. The van der Waals surface area contributed by atoms with E-state index in [2.05, 4.69) is 10.6 Å². The second kappa shape index (κ2) is 11.6. The van der Waals surface area contributed by atoms with Crippen LogP contribution in [0, 0.1) is 16.0 Å². The summed E-state index contributed by atoms with van der Waals surface area (Å²) in [6.07, 6.45) is 2.63. The summed E-state index contributed by atoms with van der Waals surface area (Å²) >= 11 is 0. The molecule has 34 heavy (non-hydrogen) atoms. The fourth-order valence-corrected chi connectivity index (χ4v) is 4.52. The summed E-state index contributed by atoms with van der Waals surface area (Å²) in [5.41, 5.74) is -0.0533. The van der Waals surface area contributed by atoms with Crippen LogP contribution in [-0.4, -0.2) is 82.9 Å². The Balaban J connectivity index is 1.79. The van der Waals surface area contributed by atoms with Crippen molar-refractivity contribution in [2.24, 2.45) is 5.92 Å². The first-order chi connectivity index (χ1) is 16.2. The van der Waals surface area contributed by atoms with Gasteiger partial charge in [0.15, 0.2) is 0 Å². The number of non-ortho nitro benzene ring substituents is 1. The summed E-state index contributed by atoms with van der Waals surface area (Å²) in [5, 5.41) is 27.1. The maximum absolute atomic E-state index is 13.0. The Labute approximate surface area is 199 Å². The summed E-state index contributed by atoms with van der Waals surface area (Å²) in [6, 6.07) is 4.73. The van der Waals surface area contributed by atoms with E-state index in [9.17, 15) is 19.7 Å². The number of urea groups is 1. The molecular formula is C23H35N5O6. The van der Waals surface area contributed by atoms with Crippen molar-refractivity contribution in [2.75, 3.05) is 26.8 Å². The SMILES string of the molecule is CC(C)CN1C(=O)N(C)C(=O)C2NC(CCCCCO)C(COc3cccc([N+](=O)[O-])c3)NC21. The molecule has 2 heterocycles. The average Bonchev–Trinajstić information content (AvgIpc) is 2.81. The van der Waals surface area contributed by atoms with E-state index in [1.165, 1.54) is 24.1 Å². The smallest absolute Gasteiger partial charge is 0.327 e. The van der Waals surface area contributed by atoms with Crippen LogP contribution in [0.3, 0.4) is 0 Å². The predicted octanol–water partition coefficient (Wildman–Crippen LogP) is 1.70. The number of carbonyl (C=O) groups is 2. The van der Waals surface area contributed by atoms with Crippen LogP contribution in [-0.2, 0) is 4.79 Å². The zero-order valence-corrected chi connectivity index (χ0v) is 20.0. The topological polar surface area (TPSA) is 137 Å². The van der Waals surface area contributed by atoms with Gasteiger partial charge in [-0.05, 0) is 24.8 Å².